The number of carbonyl (C=O) groups is 1. The fourth-order valence-electron chi connectivity index (χ4n) is 1.97. The van der Waals surface area contributed by atoms with Gasteiger partial charge in [-0.15, -0.1) is 0 Å². The van der Waals surface area contributed by atoms with E-state index in [1.807, 2.05) is 12.1 Å². The highest BCUT2D eigenvalue weighted by molar-refractivity contribution is 5.99. The molecule has 19 heavy (non-hydrogen) atoms. The predicted molar refractivity (Wildman–Crippen MR) is 69.5 cm³/mol. The minimum atomic E-state index is -0.354. The van der Waals surface area contributed by atoms with E-state index in [-0.39, 0.29) is 6.03 Å². The molecule has 1 aliphatic heterocycles. The van der Waals surface area contributed by atoms with Crippen LogP contribution in [0.5, 0.6) is 5.75 Å². The Labute approximate surface area is 109 Å². The van der Waals surface area contributed by atoms with Crippen LogP contribution < -0.4 is 15.4 Å². The van der Waals surface area contributed by atoms with Crippen LogP contribution in [-0.4, -0.2) is 17.8 Å². The first-order chi connectivity index (χ1) is 9.20. The Balaban J connectivity index is 1.66. The maximum absolute atomic E-state index is 11.8. The molecule has 98 valence electrons. The van der Waals surface area contributed by atoms with Crippen molar-refractivity contribution in [2.75, 3.05) is 17.2 Å². The van der Waals surface area contributed by atoms with Gasteiger partial charge >= 0.3 is 6.03 Å². The first kappa shape index (κ1) is 11.6. The fourth-order valence-corrected chi connectivity index (χ4v) is 1.97. The van der Waals surface area contributed by atoms with Gasteiger partial charge in [-0.3, -0.25) is 5.32 Å². The molecule has 1 aliphatic rings. The molecule has 0 saturated heterocycles. The molecule has 0 bridgehead atoms. The Bertz CT molecular complexity index is 621. The molecule has 0 fully saturated rings. The molecule has 0 radical (unpaired) electrons. The van der Waals surface area contributed by atoms with Crippen molar-refractivity contribution >= 4 is 17.5 Å². The summed E-state index contributed by atoms with van der Waals surface area (Å²) in [6.07, 6.45) is 0.870. The van der Waals surface area contributed by atoms with E-state index in [1.54, 1.807) is 19.1 Å². The van der Waals surface area contributed by atoms with E-state index < -0.39 is 0 Å². The van der Waals surface area contributed by atoms with Gasteiger partial charge in [0.05, 0.1) is 6.61 Å². The lowest BCUT2D eigenvalue weighted by atomic mass is 10.1. The Morgan fingerprint density at radius 1 is 1.32 bits per heavy atom. The molecule has 0 spiro atoms. The van der Waals surface area contributed by atoms with Crippen molar-refractivity contribution in [1.82, 2.24) is 5.16 Å². The van der Waals surface area contributed by atoms with Crippen molar-refractivity contribution in [2.24, 2.45) is 0 Å². The van der Waals surface area contributed by atoms with Gasteiger partial charge in [0.15, 0.2) is 5.82 Å². The third-order valence-corrected chi connectivity index (χ3v) is 2.82. The smallest absolute Gasteiger partial charge is 0.324 e. The zero-order chi connectivity index (χ0) is 13.2. The van der Waals surface area contributed by atoms with Crippen molar-refractivity contribution in [3.05, 3.63) is 35.6 Å². The molecule has 2 N–H and O–H groups in total. The van der Waals surface area contributed by atoms with E-state index >= 15 is 0 Å². The third kappa shape index (κ3) is 2.52. The average Bonchev–Trinajstić information content (AvgIpc) is 2.97. The van der Waals surface area contributed by atoms with Gasteiger partial charge in [0.25, 0.3) is 0 Å². The molecule has 2 amide bonds. The van der Waals surface area contributed by atoms with Crippen molar-refractivity contribution < 1.29 is 14.1 Å². The Hall–Kier alpha value is -2.50. The van der Waals surface area contributed by atoms with Crippen LogP contribution >= 0.6 is 0 Å². The van der Waals surface area contributed by atoms with Crippen LogP contribution in [0.2, 0.25) is 0 Å². The Morgan fingerprint density at radius 2 is 2.21 bits per heavy atom. The van der Waals surface area contributed by atoms with Gasteiger partial charge in [-0.1, -0.05) is 5.16 Å². The second kappa shape index (κ2) is 4.64. The number of aromatic nitrogens is 1. The van der Waals surface area contributed by atoms with Gasteiger partial charge in [-0.2, -0.15) is 0 Å². The number of benzene rings is 1. The summed E-state index contributed by atoms with van der Waals surface area (Å²) in [5, 5.41) is 9.02. The first-order valence-electron chi connectivity index (χ1n) is 5.98. The maximum atomic E-state index is 11.8. The van der Waals surface area contributed by atoms with Crippen molar-refractivity contribution in [1.29, 1.82) is 0 Å². The molecule has 0 aliphatic carbocycles. The summed E-state index contributed by atoms with van der Waals surface area (Å²) in [4.78, 5) is 11.8. The maximum Gasteiger partial charge on any atom is 0.324 e. The van der Waals surface area contributed by atoms with E-state index in [0.29, 0.717) is 18.2 Å². The molecule has 0 saturated carbocycles. The number of ether oxygens (including phenoxy) is 1. The zero-order valence-corrected chi connectivity index (χ0v) is 10.4. The van der Waals surface area contributed by atoms with E-state index in [9.17, 15) is 4.79 Å². The summed E-state index contributed by atoms with van der Waals surface area (Å²) in [6, 6.07) is 6.87. The monoisotopic (exact) mass is 259 g/mol. The van der Waals surface area contributed by atoms with Gasteiger partial charge in [-0.05, 0) is 30.7 Å². The summed E-state index contributed by atoms with van der Waals surface area (Å²) < 4.78 is 10.3. The van der Waals surface area contributed by atoms with Gasteiger partial charge in [0.1, 0.15) is 11.5 Å². The largest absolute Gasteiger partial charge is 0.493 e. The highest BCUT2D eigenvalue weighted by Crippen LogP contribution is 2.27. The molecule has 6 heteroatoms. The zero-order valence-electron chi connectivity index (χ0n) is 10.4. The predicted octanol–water partition coefficient (Wildman–Crippen LogP) is 2.56. The number of fused-ring (bicyclic) bond motifs is 1. The lowest BCUT2D eigenvalue weighted by molar-refractivity contribution is 0.262. The number of carbonyl (C=O) groups excluding carboxylic acids is 1. The average molecular weight is 259 g/mol. The van der Waals surface area contributed by atoms with Crippen LogP contribution in [0.15, 0.2) is 28.8 Å². The van der Waals surface area contributed by atoms with Crippen LogP contribution in [0.4, 0.5) is 16.3 Å². The molecular formula is C13H13N3O3. The van der Waals surface area contributed by atoms with Crippen molar-refractivity contribution in [3.63, 3.8) is 0 Å². The number of anilines is 2. The van der Waals surface area contributed by atoms with Crippen LogP contribution in [-0.2, 0) is 6.42 Å². The van der Waals surface area contributed by atoms with E-state index in [1.165, 1.54) is 0 Å². The molecule has 0 atom stereocenters. The summed E-state index contributed by atoms with van der Waals surface area (Å²) in [7, 11) is 0. The number of nitrogens with one attached hydrogen (secondary N) is 2. The normalized spacial score (nSPS) is 12.7. The number of amides is 2. The standard InChI is InChI=1S/C13H13N3O3/c1-8-6-12(16-19-8)15-13(17)14-10-2-3-11-9(7-10)4-5-18-11/h2-3,6-7H,4-5H2,1H3,(H2,14,15,16,17). The second-order valence-electron chi connectivity index (χ2n) is 4.32. The summed E-state index contributed by atoms with van der Waals surface area (Å²) in [6.45, 7) is 2.46. The molecular weight excluding hydrogens is 246 g/mol. The summed E-state index contributed by atoms with van der Waals surface area (Å²) >= 11 is 0. The highest BCUT2D eigenvalue weighted by Gasteiger charge is 2.13. The fraction of sp³-hybridized carbons (Fsp3) is 0.231. The Kier molecular flexibility index (Phi) is 2.83. The van der Waals surface area contributed by atoms with Gasteiger partial charge in [0, 0.05) is 18.2 Å². The van der Waals surface area contributed by atoms with E-state index in [4.69, 9.17) is 9.26 Å². The molecule has 2 heterocycles. The van der Waals surface area contributed by atoms with E-state index in [2.05, 4.69) is 15.8 Å². The topological polar surface area (TPSA) is 76.4 Å². The van der Waals surface area contributed by atoms with Crippen LogP contribution in [0.3, 0.4) is 0 Å². The van der Waals surface area contributed by atoms with Crippen molar-refractivity contribution in [3.8, 4) is 5.75 Å². The van der Waals surface area contributed by atoms with Crippen LogP contribution in [0, 0.1) is 6.92 Å². The van der Waals surface area contributed by atoms with Gasteiger partial charge in [0.2, 0.25) is 0 Å². The first-order valence-corrected chi connectivity index (χ1v) is 5.98. The molecule has 2 aromatic rings. The summed E-state index contributed by atoms with van der Waals surface area (Å²) in [5.74, 6) is 1.92. The third-order valence-electron chi connectivity index (χ3n) is 2.82. The van der Waals surface area contributed by atoms with Crippen molar-refractivity contribution in [2.45, 2.75) is 13.3 Å². The highest BCUT2D eigenvalue weighted by atomic mass is 16.5. The lowest BCUT2D eigenvalue weighted by Crippen LogP contribution is -2.19. The molecule has 6 nitrogen and oxygen atoms in total. The minimum absolute atomic E-state index is 0.354. The number of aryl methyl sites for hydroxylation is 1. The minimum Gasteiger partial charge on any atom is -0.493 e. The molecule has 0 unspecified atom stereocenters. The van der Waals surface area contributed by atoms with Gasteiger partial charge in [-0.25, -0.2) is 4.79 Å². The second-order valence-corrected chi connectivity index (χ2v) is 4.32. The van der Waals surface area contributed by atoms with Crippen LogP contribution in [0.1, 0.15) is 11.3 Å². The summed E-state index contributed by atoms with van der Waals surface area (Å²) in [5.41, 5.74) is 1.83. The van der Waals surface area contributed by atoms with Gasteiger partial charge < -0.3 is 14.6 Å². The number of urea groups is 1. The number of hydrogen-bond donors (Lipinski definition) is 2. The Morgan fingerprint density at radius 3 is 3.00 bits per heavy atom. The van der Waals surface area contributed by atoms with Crippen LogP contribution in [0.25, 0.3) is 0 Å². The number of hydrogen-bond acceptors (Lipinski definition) is 4. The molecule has 1 aromatic carbocycles. The lowest BCUT2D eigenvalue weighted by Gasteiger charge is -2.06. The molecule has 1 aromatic heterocycles. The van der Waals surface area contributed by atoms with E-state index in [0.717, 1.165) is 23.4 Å². The number of rotatable bonds is 2. The SMILES string of the molecule is Cc1cc(NC(=O)Nc2ccc3c(c2)CCO3)no1. The number of nitrogens with zero attached hydrogens (tertiary/aromatic N) is 1. The quantitative estimate of drug-likeness (QED) is 0.869. The molecule has 3 rings (SSSR count).